The van der Waals surface area contributed by atoms with E-state index < -0.39 is 0 Å². The molecular weight excluding hydrogens is 314 g/mol. The summed E-state index contributed by atoms with van der Waals surface area (Å²) in [6.07, 6.45) is 7.82. The molecule has 1 aromatic carbocycles. The highest BCUT2D eigenvalue weighted by molar-refractivity contribution is 6.01. The largest absolute Gasteiger partial charge is 0.326 e. The molecule has 25 heavy (non-hydrogen) atoms. The van der Waals surface area contributed by atoms with Crippen molar-refractivity contribution in [2.75, 3.05) is 5.32 Å². The van der Waals surface area contributed by atoms with Gasteiger partial charge in [-0.15, -0.1) is 0 Å². The summed E-state index contributed by atoms with van der Waals surface area (Å²) in [7, 11) is 0. The number of carbonyl (C=O) groups is 2. The third-order valence-electron chi connectivity index (χ3n) is 4.63. The van der Waals surface area contributed by atoms with E-state index in [9.17, 15) is 9.59 Å². The molecule has 0 bridgehead atoms. The number of anilines is 1. The Bertz CT molecular complexity index is 619. The van der Waals surface area contributed by atoms with Gasteiger partial charge in [0.05, 0.1) is 5.71 Å². The number of benzene rings is 1. The van der Waals surface area contributed by atoms with Crippen LogP contribution in [0, 0.1) is 5.92 Å². The Morgan fingerprint density at radius 3 is 2.68 bits per heavy atom. The predicted molar refractivity (Wildman–Crippen MR) is 102 cm³/mol. The fourth-order valence-electron chi connectivity index (χ4n) is 3.04. The molecule has 1 fully saturated rings. The minimum absolute atomic E-state index is 0.0667. The van der Waals surface area contributed by atoms with Gasteiger partial charge in [0.25, 0.3) is 0 Å². The van der Waals surface area contributed by atoms with E-state index in [2.05, 4.69) is 22.8 Å². The van der Waals surface area contributed by atoms with Crippen LogP contribution in [-0.2, 0) is 9.59 Å². The van der Waals surface area contributed by atoms with E-state index in [0.717, 1.165) is 55.5 Å². The maximum absolute atomic E-state index is 12.4. The van der Waals surface area contributed by atoms with Crippen molar-refractivity contribution in [2.24, 2.45) is 11.0 Å². The molecule has 2 rings (SSSR count). The molecular formula is C20H29N3O2. The quantitative estimate of drug-likeness (QED) is 0.574. The van der Waals surface area contributed by atoms with Crippen LogP contribution < -0.4 is 10.7 Å². The molecule has 0 radical (unpaired) electrons. The molecule has 1 saturated carbocycles. The first-order valence-electron chi connectivity index (χ1n) is 9.34. The third-order valence-corrected chi connectivity index (χ3v) is 4.63. The molecule has 1 aliphatic carbocycles. The van der Waals surface area contributed by atoms with Gasteiger partial charge in [0.1, 0.15) is 0 Å². The van der Waals surface area contributed by atoms with Gasteiger partial charge in [0.2, 0.25) is 11.8 Å². The summed E-state index contributed by atoms with van der Waals surface area (Å²) in [6, 6.07) is 7.60. The number of nitrogens with one attached hydrogen (secondary N) is 2. The zero-order valence-corrected chi connectivity index (χ0v) is 15.3. The SMILES string of the molecule is CCCCC(=O)NN=C(C)c1cccc(NC(=O)C2CCCCC2)c1. The van der Waals surface area contributed by atoms with Gasteiger partial charge in [-0.1, -0.05) is 44.7 Å². The molecule has 1 aromatic rings. The van der Waals surface area contributed by atoms with Gasteiger partial charge in [0, 0.05) is 18.0 Å². The molecule has 0 spiro atoms. The van der Waals surface area contributed by atoms with Crippen LogP contribution in [0.2, 0.25) is 0 Å². The Morgan fingerprint density at radius 1 is 1.20 bits per heavy atom. The van der Waals surface area contributed by atoms with Crippen LogP contribution in [0.3, 0.4) is 0 Å². The van der Waals surface area contributed by atoms with Crippen LogP contribution >= 0.6 is 0 Å². The molecule has 0 aliphatic heterocycles. The van der Waals surface area contributed by atoms with Crippen molar-refractivity contribution in [3.63, 3.8) is 0 Å². The lowest BCUT2D eigenvalue weighted by Crippen LogP contribution is -2.24. The summed E-state index contributed by atoms with van der Waals surface area (Å²) in [5.41, 5.74) is 4.97. The first-order valence-corrected chi connectivity index (χ1v) is 9.34. The summed E-state index contributed by atoms with van der Waals surface area (Å²) in [4.78, 5) is 24.0. The fourth-order valence-corrected chi connectivity index (χ4v) is 3.04. The Labute approximate surface area is 150 Å². The molecule has 5 nitrogen and oxygen atoms in total. The molecule has 5 heteroatoms. The number of hydrogen-bond donors (Lipinski definition) is 2. The summed E-state index contributed by atoms with van der Waals surface area (Å²) in [6.45, 7) is 3.90. The van der Waals surface area contributed by atoms with Gasteiger partial charge in [-0.05, 0) is 43.9 Å². The van der Waals surface area contributed by atoms with Gasteiger partial charge in [-0.2, -0.15) is 5.10 Å². The van der Waals surface area contributed by atoms with Crippen molar-refractivity contribution < 1.29 is 9.59 Å². The second-order valence-corrected chi connectivity index (χ2v) is 6.74. The lowest BCUT2D eigenvalue weighted by atomic mass is 9.88. The lowest BCUT2D eigenvalue weighted by Gasteiger charge is -2.20. The average Bonchev–Trinajstić information content (AvgIpc) is 2.65. The minimum Gasteiger partial charge on any atom is -0.326 e. The Morgan fingerprint density at radius 2 is 1.96 bits per heavy atom. The first-order chi connectivity index (χ1) is 12.1. The Balaban J connectivity index is 1.95. The van der Waals surface area contributed by atoms with Crippen molar-refractivity contribution in [1.82, 2.24) is 5.43 Å². The minimum atomic E-state index is -0.0667. The highest BCUT2D eigenvalue weighted by Crippen LogP contribution is 2.25. The van der Waals surface area contributed by atoms with Crippen molar-refractivity contribution in [1.29, 1.82) is 0 Å². The molecule has 1 aliphatic rings. The van der Waals surface area contributed by atoms with Gasteiger partial charge in [0.15, 0.2) is 0 Å². The summed E-state index contributed by atoms with van der Waals surface area (Å²) >= 11 is 0. The molecule has 0 heterocycles. The normalized spacial score (nSPS) is 15.7. The van der Waals surface area contributed by atoms with Crippen molar-refractivity contribution in [3.05, 3.63) is 29.8 Å². The smallest absolute Gasteiger partial charge is 0.240 e. The van der Waals surface area contributed by atoms with Crippen molar-refractivity contribution in [2.45, 2.75) is 65.2 Å². The summed E-state index contributed by atoms with van der Waals surface area (Å²) in [5, 5.41) is 7.18. The van der Waals surface area contributed by atoms with E-state index in [4.69, 9.17) is 0 Å². The topological polar surface area (TPSA) is 70.6 Å². The number of nitrogens with zero attached hydrogens (tertiary/aromatic N) is 1. The van der Waals surface area contributed by atoms with E-state index in [1.807, 2.05) is 31.2 Å². The van der Waals surface area contributed by atoms with Crippen LogP contribution in [0.15, 0.2) is 29.4 Å². The fraction of sp³-hybridized carbons (Fsp3) is 0.550. The molecule has 0 saturated heterocycles. The first kappa shape index (κ1) is 19.2. The summed E-state index contributed by atoms with van der Waals surface area (Å²) in [5.74, 6) is 0.173. The second kappa shape index (κ2) is 9.97. The highest BCUT2D eigenvalue weighted by Gasteiger charge is 2.21. The number of unbranched alkanes of at least 4 members (excludes halogenated alkanes) is 1. The van der Waals surface area contributed by atoms with Gasteiger partial charge in [-0.3, -0.25) is 9.59 Å². The number of amides is 2. The molecule has 0 aromatic heterocycles. The van der Waals surface area contributed by atoms with E-state index in [1.54, 1.807) is 0 Å². The maximum Gasteiger partial charge on any atom is 0.240 e. The molecule has 2 N–H and O–H groups in total. The molecule has 2 amide bonds. The van der Waals surface area contributed by atoms with E-state index in [0.29, 0.717) is 6.42 Å². The monoisotopic (exact) mass is 343 g/mol. The van der Waals surface area contributed by atoms with E-state index >= 15 is 0 Å². The number of rotatable bonds is 7. The van der Waals surface area contributed by atoms with Crippen LogP contribution in [-0.4, -0.2) is 17.5 Å². The van der Waals surface area contributed by atoms with Crippen molar-refractivity contribution in [3.8, 4) is 0 Å². The van der Waals surface area contributed by atoms with Gasteiger partial charge >= 0.3 is 0 Å². The lowest BCUT2D eigenvalue weighted by molar-refractivity contribution is -0.121. The van der Waals surface area contributed by atoms with Crippen LogP contribution in [0.25, 0.3) is 0 Å². The van der Waals surface area contributed by atoms with Crippen molar-refractivity contribution >= 4 is 23.2 Å². The predicted octanol–water partition coefficient (Wildman–Crippen LogP) is 4.24. The maximum atomic E-state index is 12.4. The van der Waals surface area contributed by atoms with Crippen LogP contribution in [0.4, 0.5) is 5.69 Å². The van der Waals surface area contributed by atoms with Crippen LogP contribution in [0.1, 0.15) is 70.8 Å². The highest BCUT2D eigenvalue weighted by atomic mass is 16.2. The zero-order chi connectivity index (χ0) is 18.1. The Kier molecular flexibility index (Phi) is 7.64. The summed E-state index contributed by atoms with van der Waals surface area (Å²) < 4.78 is 0. The second-order valence-electron chi connectivity index (χ2n) is 6.74. The van der Waals surface area contributed by atoms with Gasteiger partial charge < -0.3 is 5.32 Å². The number of carbonyl (C=O) groups excluding carboxylic acids is 2. The zero-order valence-electron chi connectivity index (χ0n) is 15.3. The number of hydrazone groups is 1. The van der Waals surface area contributed by atoms with E-state index in [1.165, 1.54) is 6.42 Å². The molecule has 0 unspecified atom stereocenters. The molecule has 136 valence electrons. The van der Waals surface area contributed by atoms with Crippen LogP contribution in [0.5, 0.6) is 0 Å². The van der Waals surface area contributed by atoms with Gasteiger partial charge in [-0.25, -0.2) is 5.43 Å². The molecule has 0 atom stereocenters. The number of hydrogen-bond acceptors (Lipinski definition) is 3. The Hall–Kier alpha value is -2.17. The third kappa shape index (κ3) is 6.33. The van der Waals surface area contributed by atoms with E-state index in [-0.39, 0.29) is 17.7 Å². The average molecular weight is 343 g/mol. The standard InChI is InChI=1S/C20H29N3O2/c1-3-4-13-19(24)23-22-15(2)17-11-8-12-18(14-17)21-20(25)16-9-6-5-7-10-16/h8,11-12,14,16H,3-7,9-10,13H2,1-2H3,(H,21,25)(H,23,24).